The molecule has 0 aliphatic carbocycles. The largest absolute Gasteiger partial charge is 0.338 e. The molecule has 1 saturated heterocycles. The molecule has 4 rings (SSSR count). The molecule has 1 unspecified atom stereocenters. The van der Waals surface area contributed by atoms with Crippen molar-refractivity contribution in [1.82, 2.24) is 9.88 Å². The molecule has 1 aliphatic rings. The Labute approximate surface area is 165 Å². The van der Waals surface area contributed by atoms with Crippen LogP contribution in [0.25, 0.3) is 21.7 Å². The number of likely N-dealkylation sites (tertiary alicyclic amines) is 1. The Kier molecular flexibility index (Phi) is 6.12. The highest BCUT2D eigenvalue weighted by molar-refractivity contribution is 6.15. The number of carbonyl (C=O) groups excluding carboxylic acids is 1. The average Bonchev–Trinajstić information content (AvgIpc) is 3.03. The zero-order chi connectivity index (χ0) is 16.7. The van der Waals surface area contributed by atoms with Gasteiger partial charge in [-0.15, -0.1) is 24.8 Å². The minimum absolute atomic E-state index is 0. The Bertz CT molecular complexity index is 947. The van der Waals surface area contributed by atoms with E-state index < -0.39 is 0 Å². The summed E-state index contributed by atoms with van der Waals surface area (Å²) >= 11 is 0. The van der Waals surface area contributed by atoms with Gasteiger partial charge in [-0.2, -0.15) is 0 Å². The minimum atomic E-state index is 0. The topological polar surface area (TPSA) is 59.2 Å². The van der Waals surface area contributed by atoms with Crippen molar-refractivity contribution in [3.05, 3.63) is 54.2 Å². The van der Waals surface area contributed by atoms with Crippen molar-refractivity contribution in [2.24, 2.45) is 11.1 Å². The molecule has 0 radical (unpaired) electrons. The highest BCUT2D eigenvalue weighted by Gasteiger charge is 2.35. The third kappa shape index (κ3) is 3.37. The summed E-state index contributed by atoms with van der Waals surface area (Å²) in [5.74, 6) is 0.0571. The second-order valence-corrected chi connectivity index (χ2v) is 7.04. The number of halogens is 2. The normalized spacial score (nSPS) is 19.2. The molecule has 2 aromatic carbocycles. The van der Waals surface area contributed by atoms with Crippen LogP contribution in [0.5, 0.6) is 0 Å². The van der Waals surface area contributed by atoms with E-state index in [1.54, 1.807) is 6.20 Å². The molecule has 2 N–H and O–H groups in total. The van der Waals surface area contributed by atoms with Gasteiger partial charge >= 0.3 is 0 Å². The van der Waals surface area contributed by atoms with Crippen LogP contribution >= 0.6 is 24.8 Å². The van der Waals surface area contributed by atoms with Crippen molar-refractivity contribution in [3.63, 3.8) is 0 Å². The van der Waals surface area contributed by atoms with E-state index >= 15 is 0 Å². The van der Waals surface area contributed by atoms with Crippen molar-refractivity contribution in [2.75, 3.05) is 19.6 Å². The van der Waals surface area contributed by atoms with Gasteiger partial charge in [0.15, 0.2) is 0 Å². The van der Waals surface area contributed by atoms with Crippen molar-refractivity contribution in [1.29, 1.82) is 0 Å². The molecule has 1 fully saturated rings. The summed E-state index contributed by atoms with van der Waals surface area (Å²) in [5.41, 5.74) is 7.37. The third-order valence-corrected chi connectivity index (χ3v) is 5.18. The van der Waals surface area contributed by atoms with Gasteiger partial charge in [0.2, 0.25) is 0 Å². The van der Waals surface area contributed by atoms with Crippen molar-refractivity contribution in [2.45, 2.75) is 13.3 Å². The lowest BCUT2D eigenvalue weighted by molar-refractivity contribution is 0.0779. The molecule has 2 heterocycles. The number of hydrogen-bond donors (Lipinski definition) is 1. The number of benzene rings is 2. The number of hydrogen-bond acceptors (Lipinski definition) is 3. The fourth-order valence-electron chi connectivity index (χ4n) is 3.63. The van der Waals surface area contributed by atoms with Gasteiger partial charge in [-0.05, 0) is 41.3 Å². The van der Waals surface area contributed by atoms with E-state index in [4.69, 9.17) is 5.73 Å². The van der Waals surface area contributed by atoms with Crippen LogP contribution < -0.4 is 5.73 Å². The Hall–Kier alpha value is -1.88. The van der Waals surface area contributed by atoms with E-state index in [9.17, 15) is 4.79 Å². The maximum absolute atomic E-state index is 13.2. The summed E-state index contributed by atoms with van der Waals surface area (Å²) in [6.07, 6.45) is 2.70. The molecule has 1 atom stereocenters. The fraction of sp³-hybridized carbons (Fsp3) is 0.300. The number of aromatic nitrogens is 1. The van der Waals surface area contributed by atoms with Crippen molar-refractivity contribution in [3.8, 4) is 0 Å². The molecule has 0 spiro atoms. The molecule has 138 valence electrons. The van der Waals surface area contributed by atoms with Crippen molar-refractivity contribution >= 4 is 52.4 Å². The van der Waals surface area contributed by atoms with Gasteiger partial charge in [0.05, 0.1) is 11.1 Å². The van der Waals surface area contributed by atoms with E-state index in [2.05, 4.69) is 18.0 Å². The predicted octanol–water partition coefficient (Wildman–Crippen LogP) is 4.04. The first-order valence-electron chi connectivity index (χ1n) is 8.37. The maximum atomic E-state index is 13.2. The summed E-state index contributed by atoms with van der Waals surface area (Å²) in [6.45, 7) is 4.22. The lowest BCUT2D eigenvalue weighted by Crippen LogP contribution is -2.34. The lowest BCUT2D eigenvalue weighted by atomic mass is 9.90. The smallest absolute Gasteiger partial charge is 0.256 e. The van der Waals surface area contributed by atoms with Crippen molar-refractivity contribution < 1.29 is 4.79 Å². The zero-order valence-corrected chi connectivity index (χ0v) is 16.3. The predicted molar refractivity (Wildman–Crippen MR) is 111 cm³/mol. The minimum Gasteiger partial charge on any atom is -0.338 e. The number of nitrogens with zero attached hydrogens (tertiary/aromatic N) is 2. The van der Waals surface area contributed by atoms with E-state index in [1.165, 1.54) is 0 Å². The van der Waals surface area contributed by atoms with Gasteiger partial charge in [0, 0.05) is 24.7 Å². The van der Waals surface area contributed by atoms with Crippen LogP contribution in [0.4, 0.5) is 0 Å². The Balaban J connectivity index is 0.00000121. The fourth-order valence-corrected chi connectivity index (χ4v) is 3.63. The summed E-state index contributed by atoms with van der Waals surface area (Å²) in [6, 6.07) is 14.1. The molecular formula is C20H23Cl2N3O. The first-order valence-corrected chi connectivity index (χ1v) is 8.37. The van der Waals surface area contributed by atoms with Crippen LogP contribution in [0.3, 0.4) is 0 Å². The van der Waals surface area contributed by atoms with Crippen LogP contribution in [0.2, 0.25) is 0 Å². The van der Waals surface area contributed by atoms with Crippen LogP contribution in [0.15, 0.2) is 48.7 Å². The molecule has 3 aromatic rings. The maximum Gasteiger partial charge on any atom is 0.256 e. The second-order valence-electron chi connectivity index (χ2n) is 7.04. The zero-order valence-electron chi connectivity index (χ0n) is 14.6. The number of fused-ring (bicyclic) bond motifs is 3. The molecule has 1 aliphatic heterocycles. The van der Waals surface area contributed by atoms with Crippen LogP contribution in [0, 0.1) is 5.41 Å². The first-order chi connectivity index (χ1) is 11.6. The molecular weight excluding hydrogens is 369 g/mol. The summed E-state index contributed by atoms with van der Waals surface area (Å²) in [7, 11) is 0. The quantitative estimate of drug-likeness (QED) is 0.670. The second kappa shape index (κ2) is 7.78. The third-order valence-electron chi connectivity index (χ3n) is 5.18. The number of carbonyl (C=O) groups is 1. The molecule has 26 heavy (non-hydrogen) atoms. The molecule has 1 aromatic heterocycles. The standard InChI is InChI=1S/C20H21N3O.2ClH/c1-20(12-21)8-10-23(13-20)19(24)17-11-14-5-2-3-6-15(14)16-7-4-9-22-18(16)17;;/h2-7,9,11H,8,10,12-13,21H2,1H3;2*1H. The van der Waals surface area contributed by atoms with E-state index in [0.29, 0.717) is 18.7 Å². The highest BCUT2D eigenvalue weighted by atomic mass is 35.5. The summed E-state index contributed by atoms with van der Waals surface area (Å²) < 4.78 is 0. The molecule has 1 amide bonds. The van der Waals surface area contributed by atoms with E-state index in [1.807, 2.05) is 41.3 Å². The molecule has 6 heteroatoms. The summed E-state index contributed by atoms with van der Waals surface area (Å²) in [5, 5.41) is 3.23. The molecule has 0 bridgehead atoms. The van der Waals surface area contributed by atoms with Gasteiger partial charge in [-0.1, -0.05) is 37.3 Å². The number of pyridine rings is 1. The highest BCUT2D eigenvalue weighted by Crippen LogP contribution is 2.32. The van der Waals surface area contributed by atoms with Crippen LogP contribution in [-0.4, -0.2) is 35.4 Å². The average molecular weight is 392 g/mol. The van der Waals surface area contributed by atoms with Gasteiger partial charge in [-0.3, -0.25) is 9.78 Å². The molecule has 0 saturated carbocycles. The number of nitrogens with two attached hydrogens (primary N) is 1. The van der Waals surface area contributed by atoms with Gasteiger partial charge in [0.1, 0.15) is 0 Å². The number of amides is 1. The SMILES string of the molecule is CC1(CN)CCN(C(=O)c2cc3ccccc3c3cccnc23)C1.Cl.Cl. The monoisotopic (exact) mass is 391 g/mol. The van der Waals surface area contributed by atoms with E-state index in [-0.39, 0.29) is 36.1 Å². The van der Waals surface area contributed by atoms with Crippen LogP contribution in [0.1, 0.15) is 23.7 Å². The Morgan fingerprint density at radius 3 is 2.65 bits per heavy atom. The molecule has 4 nitrogen and oxygen atoms in total. The Morgan fingerprint density at radius 2 is 1.92 bits per heavy atom. The van der Waals surface area contributed by atoms with Gasteiger partial charge in [-0.25, -0.2) is 0 Å². The van der Waals surface area contributed by atoms with Gasteiger partial charge < -0.3 is 10.6 Å². The first kappa shape index (κ1) is 20.4. The summed E-state index contributed by atoms with van der Waals surface area (Å²) in [4.78, 5) is 19.6. The Morgan fingerprint density at radius 1 is 1.19 bits per heavy atom. The number of rotatable bonds is 2. The van der Waals surface area contributed by atoms with E-state index in [0.717, 1.165) is 34.6 Å². The van der Waals surface area contributed by atoms with Gasteiger partial charge in [0.25, 0.3) is 5.91 Å². The van der Waals surface area contributed by atoms with Crippen LogP contribution in [-0.2, 0) is 0 Å². The lowest BCUT2D eigenvalue weighted by Gasteiger charge is -2.23.